The summed E-state index contributed by atoms with van der Waals surface area (Å²) in [5.74, 6) is -1.48. The van der Waals surface area contributed by atoms with Crippen LogP contribution in [0.4, 0.5) is 0 Å². The zero-order valence-electron chi connectivity index (χ0n) is 9.45. The third-order valence-electron chi connectivity index (χ3n) is 2.23. The first-order valence-corrected chi connectivity index (χ1v) is 5.12. The lowest BCUT2D eigenvalue weighted by Gasteiger charge is -2.19. The molecule has 2 unspecified atom stereocenters. The maximum atomic E-state index is 11.2. The molecule has 0 aliphatic carbocycles. The Kier molecular flexibility index (Phi) is 6.70. The van der Waals surface area contributed by atoms with Gasteiger partial charge < -0.3 is 15.2 Å². The van der Waals surface area contributed by atoms with Crippen molar-refractivity contribution in [2.45, 2.75) is 33.2 Å². The Labute approximate surface area is 89.8 Å². The predicted molar refractivity (Wildman–Crippen MR) is 55.5 cm³/mol. The molecule has 1 amide bonds. The smallest absolute Gasteiger partial charge is 0.326 e. The summed E-state index contributed by atoms with van der Waals surface area (Å²) >= 11 is 0. The van der Waals surface area contributed by atoms with Crippen LogP contribution in [0.3, 0.4) is 0 Å². The number of aliphatic carboxylic acids is 1. The zero-order valence-corrected chi connectivity index (χ0v) is 9.45. The summed E-state index contributed by atoms with van der Waals surface area (Å²) in [4.78, 5) is 22.1. The van der Waals surface area contributed by atoms with Crippen LogP contribution >= 0.6 is 0 Å². The first-order valence-electron chi connectivity index (χ1n) is 5.12. The highest BCUT2D eigenvalue weighted by Gasteiger charge is 2.24. The van der Waals surface area contributed by atoms with Crippen LogP contribution in [-0.2, 0) is 14.3 Å². The highest BCUT2D eigenvalue weighted by Crippen LogP contribution is 2.07. The Hall–Kier alpha value is -1.10. The van der Waals surface area contributed by atoms with Gasteiger partial charge >= 0.3 is 5.97 Å². The van der Waals surface area contributed by atoms with Gasteiger partial charge in [-0.2, -0.15) is 0 Å². The summed E-state index contributed by atoms with van der Waals surface area (Å²) in [6.07, 6.45) is 0.700. The lowest BCUT2D eigenvalue weighted by Crippen LogP contribution is -2.46. The number of amides is 1. The van der Waals surface area contributed by atoms with Gasteiger partial charge in [0.2, 0.25) is 5.91 Å². The molecule has 0 bridgehead atoms. The van der Waals surface area contributed by atoms with Crippen LogP contribution < -0.4 is 5.32 Å². The van der Waals surface area contributed by atoms with Crippen molar-refractivity contribution < 1.29 is 19.4 Å². The lowest BCUT2D eigenvalue weighted by molar-refractivity contribution is -0.144. The fraction of sp³-hybridized carbons (Fsp3) is 0.800. The average Bonchev–Trinajstić information content (AvgIpc) is 2.21. The van der Waals surface area contributed by atoms with Crippen molar-refractivity contribution in [2.75, 3.05) is 13.2 Å². The molecule has 0 saturated carbocycles. The topological polar surface area (TPSA) is 75.6 Å². The fourth-order valence-electron chi connectivity index (χ4n) is 1.09. The largest absolute Gasteiger partial charge is 0.480 e. The first kappa shape index (κ1) is 13.9. The van der Waals surface area contributed by atoms with E-state index in [0.29, 0.717) is 13.0 Å². The van der Waals surface area contributed by atoms with Crippen LogP contribution in [0.15, 0.2) is 0 Å². The molecule has 0 spiro atoms. The SMILES string of the molecule is CCOCC(=O)NC(C(=O)O)C(C)CC. The van der Waals surface area contributed by atoms with E-state index in [4.69, 9.17) is 9.84 Å². The molecule has 0 aliphatic rings. The number of carbonyl (C=O) groups excluding carboxylic acids is 1. The van der Waals surface area contributed by atoms with Crippen LogP contribution in [0, 0.1) is 5.92 Å². The van der Waals surface area contributed by atoms with E-state index in [0.717, 1.165) is 0 Å². The average molecular weight is 217 g/mol. The molecule has 5 nitrogen and oxygen atoms in total. The van der Waals surface area contributed by atoms with Crippen molar-refractivity contribution in [3.05, 3.63) is 0 Å². The van der Waals surface area contributed by atoms with Crippen LogP contribution in [-0.4, -0.2) is 36.2 Å². The Bertz CT molecular complexity index is 217. The minimum absolute atomic E-state index is 0.0866. The maximum Gasteiger partial charge on any atom is 0.326 e. The van der Waals surface area contributed by atoms with Crippen LogP contribution in [0.5, 0.6) is 0 Å². The molecular weight excluding hydrogens is 198 g/mol. The van der Waals surface area contributed by atoms with Crippen molar-refractivity contribution in [1.29, 1.82) is 0 Å². The molecule has 0 rings (SSSR count). The number of nitrogens with one attached hydrogen (secondary N) is 1. The van der Waals surface area contributed by atoms with Gasteiger partial charge in [-0.15, -0.1) is 0 Å². The molecule has 0 saturated heterocycles. The van der Waals surface area contributed by atoms with Crippen molar-refractivity contribution >= 4 is 11.9 Å². The van der Waals surface area contributed by atoms with Gasteiger partial charge in [-0.25, -0.2) is 4.79 Å². The van der Waals surface area contributed by atoms with Crippen LogP contribution in [0.25, 0.3) is 0 Å². The molecule has 88 valence electrons. The molecule has 15 heavy (non-hydrogen) atoms. The third-order valence-corrected chi connectivity index (χ3v) is 2.23. The van der Waals surface area contributed by atoms with Crippen LogP contribution in [0.1, 0.15) is 27.2 Å². The van der Waals surface area contributed by atoms with Gasteiger partial charge in [0.15, 0.2) is 0 Å². The van der Waals surface area contributed by atoms with E-state index in [9.17, 15) is 9.59 Å². The second kappa shape index (κ2) is 7.23. The Morgan fingerprint density at radius 3 is 2.40 bits per heavy atom. The van der Waals surface area contributed by atoms with Crippen LogP contribution in [0.2, 0.25) is 0 Å². The van der Waals surface area contributed by atoms with Gasteiger partial charge in [-0.1, -0.05) is 20.3 Å². The summed E-state index contributed by atoms with van der Waals surface area (Å²) < 4.78 is 4.88. The summed E-state index contributed by atoms with van der Waals surface area (Å²) in [6, 6.07) is -0.831. The normalized spacial score (nSPS) is 14.3. The van der Waals surface area contributed by atoms with E-state index in [1.807, 2.05) is 6.92 Å². The monoisotopic (exact) mass is 217 g/mol. The number of ether oxygens (including phenoxy) is 1. The second-order valence-corrected chi connectivity index (χ2v) is 3.41. The highest BCUT2D eigenvalue weighted by molar-refractivity contribution is 5.84. The fourth-order valence-corrected chi connectivity index (χ4v) is 1.09. The number of carboxylic acids is 1. The van der Waals surface area contributed by atoms with E-state index in [1.165, 1.54) is 0 Å². The number of hydrogen-bond acceptors (Lipinski definition) is 3. The molecule has 0 fully saturated rings. The molecule has 0 aromatic carbocycles. The van der Waals surface area contributed by atoms with Gasteiger partial charge in [0, 0.05) is 6.61 Å². The molecule has 5 heteroatoms. The molecular formula is C10H19NO4. The number of hydrogen-bond donors (Lipinski definition) is 2. The third kappa shape index (κ3) is 5.37. The summed E-state index contributed by atoms with van der Waals surface area (Å²) in [5, 5.41) is 11.3. The highest BCUT2D eigenvalue weighted by atomic mass is 16.5. The van der Waals surface area contributed by atoms with Gasteiger partial charge in [0.25, 0.3) is 0 Å². The van der Waals surface area contributed by atoms with E-state index in [2.05, 4.69) is 5.32 Å². The minimum Gasteiger partial charge on any atom is -0.480 e. The predicted octanol–water partition coefficient (Wildman–Crippen LogP) is 0.638. The van der Waals surface area contributed by atoms with E-state index in [1.54, 1.807) is 13.8 Å². The van der Waals surface area contributed by atoms with E-state index >= 15 is 0 Å². The standard InChI is InChI=1S/C10H19NO4/c1-4-7(3)9(10(13)14)11-8(12)6-15-5-2/h7,9H,4-6H2,1-3H3,(H,11,12)(H,13,14). The summed E-state index contributed by atoms with van der Waals surface area (Å²) in [7, 11) is 0. The zero-order chi connectivity index (χ0) is 11.8. The van der Waals surface area contributed by atoms with Gasteiger partial charge in [0.1, 0.15) is 12.6 Å². The van der Waals surface area contributed by atoms with Crippen molar-refractivity contribution in [3.63, 3.8) is 0 Å². The molecule has 0 heterocycles. The quantitative estimate of drug-likeness (QED) is 0.656. The second-order valence-electron chi connectivity index (χ2n) is 3.41. The summed E-state index contributed by atoms with van der Waals surface area (Å²) in [5.41, 5.74) is 0. The molecule has 0 aliphatic heterocycles. The Morgan fingerprint density at radius 1 is 1.40 bits per heavy atom. The first-order chi connectivity index (χ1) is 7.02. The number of rotatable bonds is 7. The van der Waals surface area contributed by atoms with Crippen molar-refractivity contribution in [2.24, 2.45) is 5.92 Å². The van der Waals surface area contributed by atoms with E-state index in [-0.39, 0.29) is 18.4 Å². The van der Waals surface area contributed by atoms with E-state index < -0.39 is 12.0 Å². The van der Waals surface area contributed by atoms with Gasteiger partial charge in [0.05, 0.1) is 0 Å². The molecule has 2 N–H and O–H groups in total. The van der Waals surface area contributed by atoms with Crippen molar-refractivity contribution in [1.82, 2.24) is 5.32 Å². The van der Waals surface area contributed by atoms with Gasteiger partial charge in [-0.3, -0.25) is 4.79 Å². The van der Waals surface area contributed by atoms with Gasteiger partial charge in [-0.05, 0) is 12.8 Å². The maximum absolute atomic E-state index is 11.2. The minimum atomic E-state index is -1.01. The molecule has 0 radical (unpaired) electrons. The Balaban J connectivity index is 4.16. The number of carbonyl (C=O) groups is 2. The summed E-state index contributed by atoms with van der Waals surface area (Å²) in [6.45, 7) is 5.80. The Morgan fingerprint density at radius 2 is 2.00 bits per heavy atom. The molecule has 0 aromatic heterocycles. The molecule has 2 atom stereocenters. The molecule has 0 aromatic rings. The van der Waals surface area contributed by atoms with Crippen molar-refractivity contribution in [3.8, 4) is 0 Å². The lowest BCUT2D eigenvalue weighted by atomic mass is 9.99. The number of carboxylic acid groups (broad SMARTS) is 1.